The van der Waals surface area contributed by atoms with E-state index in [0.717, 1.165) is 0 Å². The number of hydrogen-bond donors (Lipinski definition) is 2. The van der Waals surface area contributed by atoms with Crippen molar-refractivity contribution < 1.29 is 13.2 Å². The number of halogens is 2. The van der Waals surface area contributed by atoms with Crippen LogP contribution in [0.4, 0.5) is 4.79 Å². The van der Waals surface area contributed by atoms with Gasteiger partial charge in [-0.15, -0.1) is 0 Å². The Morgan fingerprint density at radius 1 is 1.35 bits per heavy atom. The van der Waals surface area contributed by atoms with Crippen molar-refractivity contribution >= 4 is 39.3 Å². The third-order valence-corrected chi connectivity index (χ3v) is 4.98. The smallest absolute Gasteiger partial charge is 0.317 e. The first-order valence-corrected chi connectivity index (χ1v) is 8.11. The highest BCUT2D eigenvalue weighted by molar-refractivity contribution is 7.89. The second-order valence-corrected chi connectivity index (χ2v) is 6.77. The van der Waals surface area contributed by atoms with Gasteiger partial charge in [0.05, 0.1) is 5.02 Å². The van der Waals surface area contributed by atoms with E-state index < -0.39 is 10.0 Å². The zero-order chi connectivity index (χ0) is 14.8. The van der Waals surface area contributed by atoms with E-state index in [1.54, 1.807) is 0 Å². The van der Waals surface area contributed by atoms with Gasteiger partial charge in [0, 0.05) is 31.2 Å². The van der Waals surface area contributed by atoms with Crippen molar-refractivity contribution in [1.29, 1.82) is 0 Å². The molecule has 0 saturated carbocycles. The van der Waals surface area contributed by atoms with Crippen molar-refractivity contribution in [2.45, 2.75) is 4.90 Å². The van der Waals surface area contributed by atoms with Gasteiger partial charge in [-0.1, -0.05) is 23.2 Å². The lowest BCUT2D eigenvalue weighted by molar-refractivity contribution is 0.218. The number of amides is 2. The highest BCUT2D eigenvalue weighted by atomic mass is 35.5. The Morgan fingerprint density at radius 2 is 2.10 bits per heavy atom. The molecule has 0 aliphatic carbocycles. The Morgan fingerprint density at radius 3 is 2.70 bits per heavy atom. The van der Waals surface area contributed by atoms with Crippen LogP contribution in [-0.2, 0) is 10.0 Å². The van der Waals surface area contributed by atoms with Gasteiger partial charge >= 0.3 is 6.03 Å². The van der Waals surface area contributed by atoms with Crippen molar-refractivity contribution in [2.24, 2.45) is 0 Å². The van der Waals surface area contributed by atoms with E-state index in [9.17, 15) is 13.2 Å². The number of rotatable bonds is 5. The number of hydrogen-bond acceptors (Lipinski definition) is 3. The highest BCUT2D eigenvalue weighted by Crippen LogP contribution is 2.24. The minimum Gasteiger partial charge on any atom is -0.336 e. The van der Waals surface area contributed by atoms with Gasteiger partial charge in [0.1, 0.15) is 4.90 Å². The van der Waals surface area contributed by atoms with Gasteiger partial charge in [-0.25, -0.2) is 17.9 Å². The van der Waals surface area contributed by atoms with Gasteiger partial charge in [-0.3, -0.25) is 0 Å². The maximum Gasteiger partial charge on any atom is 0.317 e. The Labute approximate surface area is 127 Å². The molecule has 2 N–H and O–H groups in total. The monoisotopic (exact) mass is 337 g/mol. The molecule has 1 aromatic carbocycles. The topological polar surface area (TPSA) is 78.5 Å². The lowest BCUT2D eigenvalue weighted by Gasteiger charge is -2.14. The molecule has 1 aliphatic rings. The van der Waals surface area contributed by atoms with Crippen LogP contribution in [0, 0.1) is 0 Å². The fraction of sp³-hybridized carbons (Fsp3) is 0.364. The van der Waals surface area contributed by atoms with Gasteiger partial charge in [0.2, 0.25) is 10.0 Å². The van der Waals surface area contributed by atoms with Gasteiger partial charge < -0.3 is 10.2 Å². The molecule has 1 aromatic rings. The summed E-state index contributed by atoms with van der Waals surface area (Å²) < 4.78 is 26.5. The van der Waals surface area contributed by atoms with Crippen LogP contribution in [0.2, 0.25) is 10.0 Å². The van der Waals surface area contributed by atoms with Crippen LogP contribution >= 0.6 is 23.2 Å². The molecule has 9 heteroatoms. The van der Waals surface area contributed by atoms with E-state index >= 15 is 0 Å². The predicted molar refractivity (Wildman–Crippen MR) is 76.6 cm³/mol. The second kappa shape index (κ2) is 6.17. The van der Waals surface area contributed by atoms with Crippen molar-refractivity contribution in [3.05, 3.63) is 28.2 Å². The zero-order valence-corrected chi connectivity index (χ0v) is 12.7. The fourth-order valence-corrected chi connectivity index (χ4v) is 3.60. The Balaban J connectivity index is 1.98. The number of nitrogens with zero attached hydrogens (tertiary/aromatic N) is 1. The Bertz CT molecular complexity index is 621. The van der Waals surface area contributed by atoms with Crippen LogP contribution in [0.15, 0.2) is 23.1 Å². The summed E-state index contributed by atoms with van der Waals surface area (Å²) in [5.74, 6) is 0. The molecule has 6 nitrogen and oxygen atoms in total. The van der Waals surface area contributed by atoms with Crippen LogP contribution in [0.3, 0.4) is 0 Å². The molecule has 2 amide bonds. The standard InChI is InChI=1S/C11H13Cl2N3O3S/c12-8-1-2-10(9(13)7-8)20(18,19)15-4-6-16-5-3-14-11(16)17/h1-2,7,15H,3-6H2,(H,14,17). The molecule has 0 bridgehead atoms. The average Bonchev–Trinajstić information content (AvgIpc) is 2.74. The summed E-state index contributed by atoms with van der Waals surface area (Å²) in [5, 5.41) is 3.06. The van der Waals surface area contributed by atoms with E-state index in [4.69, 9.17) is 23.2 Å². The van der Waals surface area contributed by atoms with Gasteiger partial charge in [0.25, 0.3) is 0 Å². The summed E-state index contributed by atoms with van der Waals surface area (Å²) in [5.41, 5.74) is 0. The quantitative estimate of drug-likeness (QED) is 0.849. The first-order valence-electron chi connectivity index (χ1n) is 5.87. The molecule has 1 fully saturated rings. The van der Waals surface area contributed by atoms with Crippen LogP contribution in [0.5, 0.6) is 0 Å². The van der Waals surface area contributed by atoms with Crippen LogP contribution < -0.4 is 10.0 Å². The summed E-state index contributed by atoms with van der Waals surface area (Å²) in [7, 11) is -3.72. The predicted octanol–water partition coefficient (Wildman–Crippen LogP) is 1.30. The van der Waals surface area contributed by atoms with Gasteiger partial charge in [-0.2, -0.15) is 0 Å². The summed E-state index contributed by atoms with van der Waals surface area (Å²) in [6, 6.07) is 3.98. The van der Waals surface area contributed by atoms with E-state index in [2.05, 4.69) is 10.0 Å². The summed E-state index contributed by atoms with van der Waals surface area (Å²) in [6.07, 6.45) is 0. The zero-order valence-electron chi connectivity index (χ0n) is 10.4. The number of benzene rings is 1. The second-order valence-electron chi connectivity index (χ2n) is 4.19. The molecule has 20 heavy (non-hydrogen) atoms. The SMILES string of the molecule is O=C1NCCN1CCNS(=O)(=O)c1ccc(Cl)cc1Cl. The largest absolute Gasteiger partial charge is 0.336 e. The first-order chi connectivity index (χ1) is 9.40. The van der Waals surface area contributed by atoms with Gasteiger partial charge in [0.15, 0.2) is 0 Å². The van der Waals surface area contributed by atoms with Gasteiger partial charge in [-0.05, 0) is 18.2 Å². The van der Waals surface area contributed by atoms with E-state index in [-0.39, 0.29) is 22.5 Å². The lowest BCUT2D eigenvalue weighted by atomic mass is 10.4. The molecular formula is C11H13Cl2N3O3S. The van der Waals surface area contributed by atoms with Crippen molar-refractivity contribution in [1.82, 2.24) is 14.9 Å². The summed E-state index contributed by atoms with van der Waals surface area (Å²) >= 11 is 11.6. The van der Waals surface area contributed by atoms with Crippen LogP contribution in [0.1, 0.15) is 0 Å². The highest BCUT2D eigenvalue weighted by Gasteiger charge is 2.21. The molecule has 1 aliphatic heterocycles. The maximum atomic E-state index is 12.1. The number of carbonyl (C=O) groups excluding carboxylic acids is 1. The molecular weight excluding hydrogens is 325 g/mol. The van der Waals surface area contributed by atoms with Crippen molar-refractivity contribution in [3.8, 4) is 0 Å². The molecule has 1 saturated heterocycles. The summed E-state index contributed by atoms with van der Waals surface area (Å²) in [6.45, 7) is 1.57. The minimum atomic E-state index is -3.72. The number of carbonyl (C=O) groups is 1. The van der Waals surface area contributed by atoms with Crippen LogP contribution in [-0.4, -0.2) is 45.5 Å². The molecule has 0 atom stereocenters. The number of sulfonamides is 1. The summed E-state index contributed by atoms with van der Waals surface area (Å²) in [4.78, 5) is 12.8. The minimum absolute atomic E-state index is 0.0329. The molecule has 1 heterocycles. The third kappa shape index (κ3) is 3.54. The first kappa shape index (κ1) is 15.4. The molecule has 0 spiro atoms. The fourth-order valence-electron chi connectivity index (χ4n) is 1.81. The van der Waals surface area contributed by atoms with E-state index in [0.29, 0.717) is 24.7 Å². The Hall–Kier alpha value is -1.02. The van der Waals surface area contributed by atoms with Crippen LogP contribution in [0.25, 0.3) is 0 Å². The maximum absolute atomic E-state index is 12.1. The van der Waals surface area contributed by atoms with E-state index in [1.807, 2.05) is 0 Å². The average molecular weight is 338 g/mol. The number of nitrogens with one attached hydrogen (secondary N) is 2. The molecule has 2 rings (SSSR count). The molecule has 0 unspecified atom stereocenters. The molecule has 0 radical (unpaired) electrons. The number of urea groups is 1. The van der Waals surface area contributed by atoms with Crippen molar-refractivity contribution in [2.75, 3.05) is 26.2 Å². The Kier molecular flexibility index (Phi) is 4.74. The third-order valence-electron chi connectivity index (χ3n) is 2.80. The lowest BCUT2D eigenvalue weighted by Crippen LogP contribution is -2.36. The molecule has 0 aromatic heterocycles. The van der Waals surface area contributed by atoms with Crippen molar-refractivity contribution in [3.63, 3.8) is 0 Å². The molecule has 110 valence electrons. The van der Waals surface area contributed by atoms with E-state index in [1.165, 1.54) is 23.1 Å². The normalized spacial score (nSPS) is 15.5.